The number of rotatable bonds is 3. The number of aromatic nitrogens is 2. The first-order chi connectivity index (χ1) is 7.28. The second-order valence-electron chi connectivity index (χ2n) is 3.62. The molecule has 0 aliphatic carbocycles. The number of hydrogen-bond donors (Lipinski definition) is 2. The summed E-state index contributed by atoms with van der Waals surface area (Å²) in [4.78, 5) is 7.56. The molecule has 0 amide bonds. The maximum Gasteiger partial charge on any atom is 0.391 e. The van der Waals surface area contributed by atoms with Crippen molar-refractivity contribution in [1.82, 2.24) is 9.97 Å². The summed E-state index contributed by atoms with van der Waals surface area (Å²) < 4.78 is 36.3. The third-order valence-electron chi connectivity index (χ3n) is 1.91. The van der Waals surface area contributed by atoms with Crippen LogP contribution in [0.25, 0.3) is 0 Å². The molecule has 0 saturated carbocycles. The molecule has 7 heteroatoms. The van der Waals surface area contributed by atoms with Gasteiger partial charge in [0.05, 0.1) is 6.42 Å². The Bertz CT molecular complexity index is 364. The van der Waals surface area contributed by atoms with Gasteiger partial charge in [-0.2, -0.15) is 18.2 Å². The van der Waals surface area contributed by atoms with Crippen LogP contribution in [-0.2, 0) is 0 Å². The lowest BCUT2D eigenvalue weighted by Gasteiger charge is -2.17. The first kappa shape index (κ1) is 12.5. The van der Waals surface area contributed by atoms with Gasteiger partial charge in [0.25, 0.3) is 0 Å². The summed E-state index contributed by atoms with van der Waals surface area (Å²) in [5.41, 5.74) is 6.00. The Morgan fingerprint density at radius 3 is 2.69 bits per heavy atom. The van der Waals surface area contributed by atoms with E-state index in [1.165, 1.54) is 13.1 Å². The van der Waals surface area contributed by atoms with E-state index in [1.807, 2.05) is 0 Å². The predicted octanol–water partition coefficient (Wildman–Crippen LogP) is 2.12. The fourth-order valence-corrected chi connectivity index (χ4v) is 1.23. The molecule has 1 rings (SSSR count). The molecule has 0 aromatic carbocycles. The Morgan fingerprint density at radius 2 is 2.12 bits per heavy atom. The van der Waals surface area contributed by atoms with Gasteiger partial charge in [-0.3, -0.25) is 0 Å². The van der Waals surface area contributed by atoms with Crippen LogP contribution in [0.15, 0.2) is 6.20 Å². The molecular formula is C9H13F3N4. The Labute approximate surface area is 91.1 Å². The maximum absolute atomic E-state index is 12.1. The summed E-state index contributed by atoms with van der Waals surface area (Å²) in [5, 5.41) is 2.66. The lowest BCUT2D eigenvalue weighted by molar-refractivity contribution is -0.136. The lowest BCUT2D eigenvalue weighted by atomic mass is 10.2. The van der Waals surface area contributed by atoms with Crippen molar-refractivity contribution in [1.29, 1.82) is 0 Å². The normalized spacial score (nSPS) is 13.6. The van der Waals surface area contributed by atoms with E-state index < -0.39 is 18.6 Å². The smallest absolute Gasteiger partial charge is 0.368 e. The van der Waals surface area contributed by atoms with Gasteiger partial charge < -0.3 is 11.1 Å². The molecule has 0 aliphatic heterocycles. The van der Waals surface area contributed by atoms with Crippen LogP contribution in [0.1, 0.15) is 18.9 Å². The van der Waals surface area contributed by atoms with Crippen LogP contribution in [0.3, 0.4) is 0 Å². The minimum Gasteiger partial charge on any atom is -0.368 e. The molecule has 0 fully saturated rings. The van der Waals surface area contributed by atoms with Crippen molar-refractivity contribution in [3.63, 3.8) is 0 Å². The highest BCUT2D eigenvalue weighted by atomic mass is 19.4. The first-order valence-electron chi connectivity index (χ1n) is 4.70. The van der Waals surface area contributed by atoms with Gasteiger partial charge in [-0.25, -0.2) is 4.98 Å². The molecule has 1 aromatic heterocycles. The number of nitrogens with two attached hydrogens (primary N) is 1. The van der Waals surface area contributed by atoms with Crippen LogP contribution in [-0.4, -0.2) is 22.2 Å². The molecule has 3 N–H and O–H groups in total. The Hall–Kier alpha value is -1.53. The number of halogens is 3. The topological polar surface area (TPSA) is 63.8 Å². The monoisotopic (exact) mass is 234 g/mol. The molecule has 0 aliphatic rings. The van der Waals surface area contributed by atoms with Gasteiger partial charge in [-0.05, 0) is 13.8 Å². The number of anilines is 2. The lowest BCUT2D eigenvalue weighted by Crippen LogP contribution is -2.25. The maximum atomic E-state index is 12.1. The van der Waals surface area contributed by atoms with Crippen molar-refractivity contribution in [3.8, 4) is 0 Å². The van der Waals surface area contributed by atoms with Crippen LogP contribution >= 0.6 is 0 Å². The van der Waals surface area contributed by atoms with E-state index in [0.717, 1.165) is 0 Å². The molecule has 4 nitrogen and oxygen atoms in total. The van der Waals surface area contributed by atoms with E-state index in [9.17, 15) is 13.2 Å². The van der Waals surface area contributed by atoms with Crippen LogP contribution in [0.2, 0.25) is 0 Å². The molecule has 1 atom stereocenters. The fraction of sp³-hybridized carbons (Fsp3) is 0.556. The molecule has 0 saturated heterocycles. The molecule has 90 valence electrons. The summed E-state index contributed by atoms with van der Waals surface area (Å²) in [6.07, 6.45) is -3.65. The Balaban J connectivity index is 2.69. The second-order valence-corrected chi connectivity index (χ2v) is 3.62. The van der Waals surface area contributed by atoms with E-state index in [-0.39, 0.29) is 5.95 Å². The van der Waals surface area contributed by atoms with Crippen molar-refractivity contribution in [3.05, 3.63) is 11.8 Å². The zero-order chi connectivity index (χ0) is 12.3. The standard InChI is InChI=1S/C9H13F3N4/c1-5-4-14-8(13)16-7(5)15-6(2)3-9(10,11)12/h4,6H,3H2,1-2H3,(H3,13,14,15,16). The summed E-state index contributed by atoms with van der Waals surface area (Å²) in [6, 6.07) is -0.756. The summed E-state index contributed by atoms with van der Waals surface area (Å²) in [6.45, 7) is 3.13. The Morgan fingerprint density at radius 1 is 1.50 bits per heavy atom. The number of nitrogens with one attached hydrogen (secondary N) is 1. The molecule has 1 unspecified atom stereocenters. The van der Waals surface area contributed by atoms with Gasteiger partial charge in [-0.15, -0.1) is 0 Å². The highest BCUT2D eigenvalue weighted by Gasteiger charge is 2.30. The molecule has 0 radical (unpaired) electrons. The second kappa shape index (κ2) is 4.54. The fourth-order valence-electron chi connectivity index (χ4n) is 1.23. The van der Waals surface area contributed by atoms with Crippen molar-refractivity contribution in [2.45, 2.75) is 32.5 Å². The number of alkyl halides is 3. The van der Waals surface area contributed by atoms with E-state index in [2.05, 4.69) is 15.3 Å². The van der Waals surface area contributed by atoms with E-state index >= 15 is 0 Å². The summed E-state index contributed by atoms with van der Waals surface area (Å²) in [7, 11) is 0. The zero-order valence-corrected chi connectivity index (χ0v) is 8.97. The van der Waals surface area contributed by atoms with Gasteiger partial charge in [-0.1, -0.05) is 0 Å². The molecule has 1 aromatic rings. The predicted molar refractivity (Wildman–Crippen MR) is 54.9 cm³/mol. The van der Waals surface area contributed by atoms with E-state index in [4.69, 9.17) is 5.73 Å². The summed E-state index contributed by atoms with van der Waals surface area (Å²) in [5.74, 6) is 0.372. The van der Waals surface area contributed by atoms with Crippen LogP contribution < -0.4 is 11.1 Å². The van der Waals surface area contributed by atoms with Gasteiger partial charge in [0.1, 0.15) is 5.82 Å². The highest BCUT2D eigenvalue weighted by Crippen LogP contribution is 2.23. The largest absolute Gasteiger partial charge is 0.391 e. The van der Waals surface area contributed by atoms with Crippen molar-refractivity contribution >= 4 is 11.8 Å². The van der Waals surface area contributed by atoms with Crippen molar-refractivity contribution < 1.29 is 13.2 Å². The minimum atomic E-state index is -4.20. The highest BCUT2D eigenvalue weighted by molar-refractivity contribution is 5.45. The van der Waals surface area contributed by atoms with Crippen molar-refractivity contribution in [2.24, 2.45) is 0 Å². The quantitative estimate of drug-likeness (QED) is 0.840. The van der Waals surface area contributed by atoms with Crippen LogP contribution in [0, 0.1) is 6.92 Å². The molecule has 0 spiro atoms. The SMILES string of the molecule is Cc1cnc(N)nc1NC(C)CC(F)(F)F. The number of hydrogen-bond acceptors (Lipinski definition) is 4. The van der Waals surface area contributed by atoms with Gasteiger partial charge >= 0.3 is 6.18 Å². The van der Waals surface area contributed by atoms with Gasteiger partial charge in [0, 0.05) is 17.8 Å². The third kappa shape index (κ3) is 3.92. The van der Waals surface area contributed by atoms with E-state index in [0.29, 0.717) is 11.4 Å². The molecular weight excluding hydrogens is 221 g/mol. The molecule has 1 heterocycles. The average molecular weight is 234 g/mol. The average Bonchev–Trinajstić information content (AvgIpc) is 2.08. The Kier molecular flexibility index (Phi) is 3.56. The van der Waals surface area contributed by atoms with Crippen LogP contribution in [0.5, 0.6) is 0 Å². The molecule has 0 bridgehead atoms. The number of nitrogen functional groups attached to an aromatic ring is 1. The molecule has 16 heavy (non-hydrogen) atoms. The van der Waals surface area contributed by atoms with E-state index in [1.54, 1.807) is 6.92 Å². The van der Waals surface area contributed by atoms with Gasteiger partial charge in [0.2, 0.25) is 5.95 Å². The van der Waals surface area contributed by atoms with Gasteiger partial charge in [0.15, 0.2) is 0 Å². The summed E-state index contributed by atoms with van der Waals surface area (Å²) >= 11 is 0. The third-order valence-corrected chi connectivity index (χ3v) is 1.91. The van der Waals surface area contributed by atoms with Crippen LogP contribution in [0.4, 0.5) is 24.9 Å². The minimum absolute atomic E-state index is 0.0345. The number of aryl methyl sites for hydroxylation is 1. The zero-order valence-electron chi connectivity index (χ0n) is 8.97. The number of nitrogens with zero attached hydrogens (tertiary/aromatic N) is 2. The van der Waals surface area contributed by atoms with Crippen molar-refractivity contribution in [2.75, 3.05) is 11.1 Å². The first-order valence-corrected chi connectivity index (χ1v) is 4.70.